The molecular formula is C22H24N2O5. The Balaban J connectivity index is 1.52. The van der Waals surface area contributed by atoms with Gasteiger partial charge in [0, 0.05) is 23.6 Å². The Morgan fingerprint density at radius 2 is 1.55 bits per heavy atom. The van der Waals surface area contributed by atoms with Crippen LogP contribution in [0.5, 0.6) is 11.5 Å². The summed E-state index contributed by atoms with van der Waals surface area (Å²) in [6.07, 6.45) is 1.99. The summed E-state index contributed by atoms with van der Waals surface area (Å²) >= 11 is 0. The number of rotatable bonds is 5. The second kappa shape index (κ2) is 7.94. The number of ether oxygens (including phenoxy) is 3. The number of aromatic hydroxyl groups is 2. The topological polar surface area (TPSA) is 92.9 Å². The van der Waals surface area contributed by atoms with Gasteiger partial charge in [0.2, 0.25) is 0 Å². The third-order valence-electron chi connectivity index (χ3n) is 4.89. The molecule has 0 amide bonds. The van der Waals surface area contributed by atoms with Crippen LogP contribution in [0.4, 0.5) is 0 Å². The summed E-state index contributed by atoms with van der Waals surface area (Å²) in [5.41, 5.74) is 1.25. The maximum Gasteiger partial charge on any atom is 0.189 e. The first-order valence-electron chi connectivity index (χ1n) is 9.53. The number of aliphatic imine (C=N–C) groups is 2. The van der Waals surface area contributed by atoms with Crippen molar-refractivity contribution in [3.63, 3.8) is 0 Å². The third-order valence-corrected chi connectivity index (χ3v) is 4.89. The van der Waals surface area contributed by atoms with Gasteiger partial charge in [-0.2, -0.15) is 0 Å². The maximum atomic E-state index is 9.99. The van der Waals surface area contributed by atoms with E-state index in [0.29, 0.717) is 17.7 Å². The van der Waals surface area contributed by atoms with Crippen LogP contribution >= 0.6 is 0 Å². The van der Waals surface area contributed by atoms with Gasteiger partial charge in [-0.3, -0.25) is 9.98 Å². The first-order valence-corrected chi connectivity index (χ1v) is 9.53. The monoisotopic (exact) mass is 396 g/mol. The van der Waals surface area contributed by atoms with E-state index in [-0.39, 0.29) is 29.7 Å². The quantitative estimate of drug-likeness (QED) is 0.758. The number of hydrogen-bond donors (Lipinski definition) is 2. The van der Waals surface area contributed by atoms with Gasteiger partial charge in [-0.15, -0.1) is 0 Å². The molecule has 0 saturated carbocycles. The zero-order valence-corrected chi connectivity index (χ0v) is 16.3. The first kappa shape index (κ1) is 19.6. The molecule has 2 N–H and O–H groups in total. The van der Waals surface area contributed by atoms with E-state index in [4.69, 9.17) is 14.2 Å². The lowest BCUT2D eigenvalue weighted by Gasteiger charge is -2.23. The van der Waals surface area contributed by atoms with Gasteiger partial charge in [-0.25, -0.2) is 0 Å². The van der Waals surface area contributed by atoms with Gasteiger partial charge in [0.25, 0.3) is 0 Å². The molecule has 2 aromatic carbocycles. The molecule has 0 radical (unpaired) electrons. The fourth-order valence-electron chi connectivity index (χ4n) is 3.50. The second-order valence-electron chi connectivity index (χ2n) is 7.52. The summed E-state index contributed by atoms with van der Waals surface area (Å²) in [7, 11) is 0. The van der Waals surface area contributed by atoms with Gasteiger partial charge >= 0.3 is 0 Å². The van der Waals surface area contributed by atoms with Crippen LogP contribution in [0.15, 0.2) is 58.5 Å². The molecule has 2 aliphatic heterocycles. The molecule has 0 bridgehead atoms. The lowest BCUT2D eigenvalue weighted by molar-refractivity contribution is -0.204. The van der Waals surface area contributed by atoms with Gasteiger partial charge in [0.05, 0.1) is 6.54 Å². The normalized spacial score (nSPS) is 28.3. The van der Waals surface area contributed by atoms with Gasteiger partial charge in [0.1, 0.15) is 29.7 Å². The van der Waals surface area contributed by atoms with Gasteiger partial charge in [0.15, 0.2) is 12.1 Å². The SMILES string of the molecule is CC1(C)OC2OC(CN=Cc3ccccc3O)C(N=Cc3ccccc3O)C2O1. The van der Waals surface area contributed by atoms with Crippen LogP contribution in [-0.2, 0) is 14.2 Å². The first-order chi connectivity index (χ1) is 13.9. The smallest absolute Gasteiger partial charge is 0.189 e. The summed E-state index contributed by atoms with van der Waals surface area (Å²) in [5, 5.41) is 19.9. The van der Waals surface area contributed by atoms with Crippen molar-refractivity contribution in [2.75, 3.05) is 6.54 Å². The van der Waals surface area contributed by atoms with Crippen molar-refractivity contribution in [1.29, 1.82) is 0 Å². The molecule has 2 saturated heterocycles. The highest BCUT2D eigenvalue weighted by molar-refractivity contribution is 5.84. The van der Waals surface area contributed by atoms with Gasteiger partial charge in [-0.1, -0.05) is 24.3 Å². The molecule has 7 nitrogen and oxygen atoms in total. The van der Waals surface area contributed by atoms with Crippen molar-refractivity contribution in [2.24, 2.45) is 9.98 Å². The number of para-hydroxylation sites is 2. The fourth-order valence-corrected chi connectivity index (χ4v) is 3.50. The van der Waals surface area contributed by atoms with Gasteiger partial charge in [-0.05, 0) is 38.1 Å². The minimum Gasteiger partial charge on any atom is -0.507 e. The molecule has 2 aromatic rings. The number of phenolic OH excluding ortho intramolecular Hbond substituents is 2. The minimum atomic E-state index is -0.748. The molecule has 2 fully saturated rings. The Labute approximate surface area is 169 Å². The average Bonchev–Trinajstić information content (AvgIpc) is 3.14. The highest BCUT2D eigenvalue weighted by Gasteiger charge is 2.54. The second-order valence-corrected chi connectivity index (χ2v) is 7.52. The molecule has 0 aromatic heterocycles. The van der Waals surface area contributed by atoms with Crippen molar-refractivity contribution in [2.45, 2.75) is 44.2 Å². The van der Waals surface area contributed by atoms with E-state index in [1.165, 1.54) is 0 Å². The molecule has 0 aliphatic carbocycles. The van der Waals surface area contributed by atoms with Crippen LogP contribution in [-0.4, -0.2) is 59.5 Å². The molecule has 4 atom stereocenters. The van der Waals surface area contributed by atoms with Crippen LogP contribution < -0.4 is 0 Å². The summed E-state index contributed by atoms with van der Waals surface area (Å²) < 4.78 is 17.9. The van der Waals surface area contributed by atoms with Crippen molar-refractivity contribution in [3.8, 4) is 11.5 Å². The van der Waals surface area contributed by atoms with Crippen molar-refractivity contribution < 1.29 is 24.4 Å². The molecule has 4 unspecified atom stereocenters. The molecule has 29 heavy (non-hydrogen) atoms. The zero-order chi connectivity index (χ0) is 20.4. The third kappa shape index (κ3) is 4.32. The molecular weight excluding hydrogens is 372 g/mol. The minimum absolute atomic E-state index is 0.157. The van der Waals surface area contributed by atoms with E-state index in [9.17, 15) is 10.2 Å². The van der Waals surface area contributed by atoms with E-state index >= 15 is 0 Å². The van der Waals surface area contributed by atoms with Crippen LogP contribution in [0.1, 0.15) is 25.0 Å². The van der Waals surface area contributed by atoms with Crippen molar-refractivity contribution in [3.05, 3.63) is 59.7 Å². The van der Waals surface area contributed by atoms with E-state index in [0.717, 1.165) is 0 Å². The molecule has 2 aliphatic rings. The average molecular weight is 396 g/mol. The number of benzene rings is 2. The van der Waals surface area contributed by atoms with Crippen LogP contribution in [0.2, 0.25) is 0 Å². The van der Waals surface area contributed by atoms with Crippen LogP contribution in [0.25, 0.3) is 0 Å². The standard InChI is InChI=1S/C22H24N2O5/c1-22(2)28-20-19(24-12-15-8-4-6-10-17(15)26)18(27-21(20)29-22)13-23-11-14-7-3-5-9-16(14)25/h3-12,18-21,25-26H,13H2,1-2H3. The molecule has 0 spiro atoms. The largest absolute Gasteiger partial charge is 0.507 e. The lowest BCUT2D eigenvalue weighted by atomic mass is 10.1. The Bertz CT molecular complexity index is 927. The number of phenols is 2. The predicted molar refractivity (Wildman–Crippen MR) is 109 cm³/mol. The molecule has 152 valence electrons. The summed E-state index contributed by atoms with van der Waals surface area (Å²) in [6.45, 7) is 4.00. The maximum absolute atomic E-state index is 9.99. The number of nitrogens with zero attached hydrogens (tertiary/aromatic N) is 2. The predicted octanol–water partition coefficient (Wildman–Crippen LogP) is 2.88. The fraction of sp³-hybridized carbons (Fsp3) is 0.364. The van der Waals surface area contributed by atoms with Crippen LogP contribution in [0, 0.1) is 0 Å². The van der Waals surface area contributed by atoms with Crippen LogP contribution in [0.3, 0.4) is 0 Å². The highest BCUT2D eigenvalue weighted by atomic mass is 16.8. The van der Waals surface area contributed by atoms with Crippen molar-refractivity contribution in [1.82, 2.24) is 0 Å². The Hall–Kier alpha value is -2.74. The molecule has 2 heterocycles. The summed E-state index contributed by atoms with van der Waals surface area (Å²) in [4.78, 5) is 9.08. The molecule has 7 heteroatoms. The summed E-state index contributed by atoms with van der Waals surface area (Å²) in [6, 6.07) is 13.6. The number of hydrogen-bond acceptors (Lipinski definition) is 7. The molecule has 4 rings (SSSR count). The highest BCUT2D eigenvalue weighted by Crippen LogP contribution is 2.39. The Morgan fingerprint density at radius 1 is 0.931 bits per heavy atom. The van der Waals surface area contributed by atoms with E-state index in [1.54, 1.807) is 48.8 Å². The van der Waals surface area contributed by atoms with Gasteiger partial charge < -0.3 is 24.4 Å². The van der Waals surface area contributed by atoms with E-state index in [2.05, 4.69) is 9.98 Å². The number of fused-ring (bicyclic) bond motifs is 1. The summed E-state index contributed by atoms with van der Waals surface area (Å²) in [5.74, 6) is -0.421. The Morgan fingerprint density at radius 3 is 2.21 bits per heavy atom. The lowest BCUT2D eigenvalue weighted by Crippen LogP contribution is -2.35. The zero-order valence-electron chi connectivity index (χ0n) is 16.3. The van der Waals surface area contributed by atoms with E-state index in [1.807, 2.05) is 26.0 Å². The van der Waals surface area contributed by atoms with E-state index < -0.39 is 12.1 Å². The van der Waals surface area contributed by atoms with Crippen molar-refractivity contribution >= 4 is 12.4 Å². The Kier molecular flexibility index (Phi) is 5.36.